The summed E-state index contributed by atoms with van der Waals surface area (Å²) in [5.74, 6) is -0.327. The molecule has 0 atom stereocenters. The zero-order valence-electron chi connectivity index (χ0n) is 10.8. The van der Waals surface area contributed by atoms with Crippen molar-refractivity contribution in [3.63, 3.8) is 0 Å². The summed E-state index contributed by atoms with van der Waals surface area (Å²) in [6.45, 7) is 5.94. The summed E-state index contributed by atoms with van der Waals surface area (Å²) in [6, 6.07) is 4.85. The number of hydrogen-bond acceptors (Lipinski definition) is 2. The van der Waals surface area contributed by atoms with E-state index in [9.17, 15) is 9.18 Å². The van der Waals surface area contributed by atoms with Crippen LogP contribution >= 0.6 is 0 Å². The van der Waals surface area contributed by atoms with Crippen LogP contribution in [0, 0.1) is 5.82 Å². The number of amides is 1. The van der Waals surface area contributed by atoms with E-state index >= 15 is 0 Å². The first-order valence-corrected chi connectivity index (χ1v) is 5.77. The van der Waals surface area contributed by atoms with Gasteiger partial charge in [-0.25, -0.2) is 4.39 Å². The van der Waals surface area contributed by atoms with Crippen LogP contribution in [0.15, 0.2) is 18.2 Å². The Morgan fingerprint density at radius 1 is 1.41 bits per heavy atom. The van der Waals surface area contributed by atoms with Gasteiger partial charge < -0.3 is 10.1 Å². The maximum absolute atomic E-state index is 13.6. The summed E-state index contributed by atoms with van der Waals surface area (Å²) in [5.41, 5.74) is 0.427. The van der Waals surface area contributed by atoms with Crippen LogP contribution in [0.4, 0.5) is 4.39 Å². The van der Waals surface area contributed by atoms with Gasteiger partial charge in [0, 0.05) is 18.5 Å². The third kappa shape index (κ3) is 4.85. The van der Waals surface area contributed by atoms with Gasteiger partial charge in [0.05, 0.1) is 7.11 Å². The first kappa shape index (κ1) is 15.4. The second kappa shape index (κ2) is 8.56. The molecular formula is C13H20FNO2. The average Bonchev–Trinajstić information content (AvgIpc) is 2.39. The fourth-order valence-corrected chi connectivity index (χ4v) is 1.17. The Labute approximate surface area is 102 Å². The second-order valence-electron chi connectivity index (χ2n) is 3.06. The number of halogens is 1. The Morgan fingerprint density at radius 2 is 2.06 bits per heavy atom. The molecule has 0 saturated carbocycles. The van der Waals surface area contributed by atoms with Gasteiger partial charge in [-0.1, -0.05) is 32.9 Å². The minimum atomic E-state index is -0.420. The highest BCUT2D eigenvalue weighted by Gasteiger charge is 2.08. The number of benzene rings is 1. The number of carbonyl (C=O) groups is 1. The maximum Gasteiger partial charge on any atom is 0.219 e. The monoisotopic (exact) mass is 241 g/mol. The molecule has 0 unspecified atom stereocenters. The van der Waals surface area contributed by atoms with Gasteiger partial charge in [-0.05, 0) is 6.07 Å². The van der Waals surface area contributed by atoms with Crippen molar-refractivity contribution < 1.29 is 13.9 Å². The molecule has 0 aliphatic carbocycles. The van der Waals surface area contributed by atoms with Crippen molar-refractivity contribution in [2.24, 2.45) is 0 Å². The average molecular weight is 241 g/mol. The molecule has 0 bridgehead atoms. The summed E-state index contributed by atoms with van der Waals surface area (Å²) >= 11 is 0. The van der Waals surface area contributed by atoms with Crippen LogP contribution < -0.4 is 10.1 Å². The van der Waals surface area contributed by atoms with Crippen LogP contribution in [0.3, 0.4) is 0 Å². The quantitative estimate of drug-likeness (QED) is 0.880. The van der Waals surface area contributed by atoms with E-state index in [0.29, 0.717) is 12.0 Å². The van der Waals surface area contributed by atoms with Gasteiger partial charge in [-0.3, -0.25) is 4.79 Å². The molecular weight excluding hydrogens is 221 g/mol. The largest absolute Gasteiger partial charge is 0.494 e. The van der Waals surface area contributed by atoms with Gasteiger partial charge in [0.25, 0.3) is 0 Å². The third-order valence-corrected chi connectivity index (χ3v) is 2.06. The molecule has 1 amide bonds. The molecule has 0 saturated heterocycles. The Hall–Kier alpha value is -1.58. The Kier molecular flexibility index (Phi) is 7.76. The van der Waals surface area contributed by atoms with E-state index in [1.807, 2.05) is 13.8 Å². The predicted octanol–water partition coefficient (Wildman–Crippen LogP) is 2.89. The SMILES string of the molecule is CC.CCC(=O)NCc1cccc(OC)c1F. The molecule has 0 radical (unpaired) electrons. The van der Waals surface area contributed by atoms with Crippen LogP contribution in [0.2, 0.25) is 0 Å². The highest BCUT2D eigenvalue weighted by atomic mass is 19.1. The van der Waals surface area contributed by atoms with E-state index in [0.717, 1.165) is 0 Å². The maximum atomic E-state index is 13.6. The lowest BCUT2D eigenvalue weighted by Crippen LogP contribution is -2.22. The second-order valence-corrected chi connectivity index (χ2v) is 3.06. The molecule has 1 aromatic carbocycles. The zero-order chi connectivity index (χ0) is 13.3. The minimum absolute atomic E-state index is 0.0998. The van der Waals surface area contributed by atoms with Gasteiger partial charge in [0.15, 0.2) is 11.6 Å². The Morgan fingerprint density at radius 3 is 2.59 bits per heavy atom. The summed E-state index contributed by atoms with van der Waals surface area (Å²) in [4.78, 5) is 11.0. The van der Waals surface area contributed by atoms with Crippen molar-refractivity contribution >= 4 is 5.91 Å². The lowest BCUT2D eigenvalue weighted by molar-refractivity contribution is -0.120. The van der Waals surface area contributed by atoms with Crippen LogP contribution in [-0.4, -0.2) is 13.0 Å². The molecule has 1 N–H and O–H groups in total. The summed E-state index contributed by atoms with van der Waals surface area (Å²) in [6.07, 6.45) is 0.394. The number of nitrogens with one attached hydrogen (secondary N) is 1. The molecule has 0 aliphatic heterocycles. The smallest absolute Gasteiger partial charge is 0.219 e. The predicted molar refractivity (Wildman–Crippen MR) is 66.4 cm³/mol. The molecule has 96 valence electrons. The van der Waals surface area contributed by atoms with Gasteiger partial charge in [-0.2, -0.15) is 0 Å². The van der Waals surface area contributed by atoms with E-state index in [2.05, 4.69) is 5.32 Å². The van der Waals surface area contributed by atoms with Crippen molar-refractivity contribution in [1.82, 2.24) is 5.32 Å². The van der Waals surface area contributed by atoms with Gasteiger partial charge in [0.2, 0.25) is 5.91 Å². The highest BCUT2D eigenvalue weighted by Crippen LogP contribution is 2.19. The first-order chi connectivity index (χ1) is 8.19. The van der Waals surface area contributed by atoms with E-state index in [-0.39, 0.29) is 18.2 Å². The van der Waals surface area contributed by atoms with Crippen molar-refractivity contribution in [3.05, 3.63) is 29.6 Å². The van der Waals surface area contributed by atoms with E-state index in [1.54, 1.807) is 25.1 Å². The number of ether oxygens (including phenoxy) is 1. The number of rotatable bonds is 4. The van der Waals surface area contributed by atoms with Crippen molar-refractivity contribution in [2.45, 2.75) is 33.7 Å². The molecule has 0 fully saturated rings. The summed E-state index contributed by atoms with van der Waals surface area (Å²) in [7, 11) is 1.41. The number of carbonyl (C=O) groups excluding carboxylic acids is 1. The van der Waals surface area contributed by atoms with Crippen molar-refractivity contribution in [3.8, 4) is 5.75 Å². The number of hydrogen-bond donors (Lipinski definition) is 1. The molecule has 17 heavy (non-hydrogen) atoms. The fourth-order valence-electron chi connectivity index (χ4n) is 1.17. The van der Waals surface area contributed by atoms with E-state index < -0.39 is 5.82 Å². The van der Waals surface area contributed by atoms with E-state index in [4.69, 9.17) is 4.74 Å². The van der Waals surface area contributed by atoms with Crippen LogP contribution in [0.25, 0.3) is 0 Å². The highest BCUT2D eigenvalue weighted by molar-refractivity contribution is 5.75. The van der Waals surface area contributed by atoms with Gasteiger partial charge >= 0.3 is 0 Å². The molecule has 0 heterocycles. The Balaban J connectivity index is 0.00000121. The van der Waals surface area contributed by atoms with Gasteiger partial charge in [-0.15, -0.1) is 0 Å². The van der Waals surface area contributed by atoms with E-state index in [1.165, 1.54) is 7.11 Å². The van der Waals surface area contributed by atoms with Crippen molar-refractivity contribution in [1.29, 1.82) is 0 Å². The molecule has 1 aromatic rings. The minimum Gasteiger partial charge on any atom is -0.494 e. The molecule has 1 rings (SSSR count). The first-order valence-electron chi connectivity index (χ1n) is 5.77. The third-order valence-electron chi connectivity index (χ3n) is 2.06. The standard InChI is InChI=1S/C11H14FNO2.C2H6/c1-3-10(14)13-7-8-5-4-6-9(15-2)11(8)12;1-2/h4-6H,3,7H2,1-2H3,(H,13,14);1-2H3. The Bertz CT molecular complexity index is 353. The summed E-state index contributed by atoms with van der Waals surface area (Å²) < 4.78 is 18.4. The van der Waals surface area contributed by atoms with Crippen molar-refractivity contribution in [2.75, 3.05) is 7.11 Å². The molecule has 0 aliphatic rings. The molecule has 0 spiro atoms. The normalized spacial score (nSPS) is 9.00. The topological polar surface area (TPSA) is 38.3 Å². The fraction of sp³-hybridized carbons (Fsp3) is 0.462. The molecule has 4 heteroatoms. The van der Waals surface area contributed by atoms with Crippen LogP contribution in [0.5, 0.6) is 5.75 Å². The molecule has 3 nitrogen and oxygen atoms in total. The lowest BCUT2D eigenvalue weighted by atomic mass is 10.2. The molecule has 0 aromatic heterocycles. The van der Waals surface area contributed by atoms with Crippen LogP contribution in [0.1, 0.15) is 32.8 Å². The number of methoxy groups -OCH3 is 1. The van der Waals surface area contributed by atoms with Gasteiger partial charge in [0.1, 0.15) is 0 Å². The summed E-state index contributed by atoms with van der Waals surface area (Å²) in [5, 5.41) is 2.61. The van der Waals surface area contributed by atoms with Crippen LogP contribution in [-0.2, 0) is 11.3 Å². The zero-order valence-corrected chi connectivity index (χ0v) is 10.8. The lowest BCUT2D eigenvalue weighted by Gasteiger charge is -2.07.